The Morgan fingerprint density at radius 2 is 2.07 bits per heavy atom. The molecule has 0 aliphatic heterocycles. The van der Waals surface area contributed by atoms with Gasteiger partial charge >= 0.3 is 5.97 Å². The topological polar surface area (TPSA) is 84.9 Å². The summed E-state index contributed by atoms with van der Waals surface area (Å²) in [5, 5.41) is 11.2. The molecule has 1 aromatic carbocycles. The van der Waals surface area contributed by atoms with Crippen molar-refractivity contribution in [2.75, 3.05) is 7.11 Å². The SMILES string of the molecule is COC(=O)c1ccc(C/C(N)=N/O)cc1. The lowest BCUT2D eigenvalue weighted by Gasteiger charge is -2.01. The maximum atomic E-state index is 11.1. The van der Waals surface area contributed by atoms with Crippen molar-refractivity contribution in [2.24, 2.45) is 10.9 Å². The molecule has 0 atom stereocenters. The van der Waals surface area contributed by atoms with E-state index in [-0.39, 0.29) is 11.8 Å². The van der Waals surface area contributed by atoms with Crippen molar-refractivity contribution < 1.29 is 14.7 Å². The summed E-state index contributed by atoms with van der Waals surface area (Å²) >= 11 is 0. The summed E-state index contributed by atoms with van der Waals surface area (Å²) in [6.45, 7) is 0. The Morgan fingerprint density at radius 3 is 2.53 bits per heavy atom. The summed E-state index contributed by atoms with van der Waals surface area (Å²) in [5.41, 5.74) is 6.67. The fraction of sp³-hybridized carbons (Fsp3) is 0.200. The van der Waals surface area contributed by atoms with Crippen molar-refractivity contribution in [2.45, 2.75) is 6.42 Å². The molecule has 5 nitrogen and oxygen atoms in total. The largest absolute Gasteiger partial charge is 0.465 e. The van der Waals surface area contributed by atoms with E-state index in [4.69, 9.17) is 10.9 Å². The van der Waals surface area contributed by atoms with E-state index in [9.17, 15) is 4.79 Å². The summed E-state index contributed by atoms with van der Waals surface area (Å²) in [5.74, 6) is -0.258. The van der Waals surface area contributed by atoms with E-state index < -0.39 is 0 Å². The van der Waals surface area contributed by atoms with Crippen molar-refractivity contribution in [1.82, 2.24) is 0 Å². The van der Waals surface area contributed by atoms with E-state index in [1.807, 2.05) is 0 Å². The lowest BCUT2D eigenvalue weighted by atomic mass is 10.1. The molecule has 0 saturated heterocycles. The first-order chi connectivity index (χ1) is 7.17. The predicted molar refractivity (Wildman–Crippen MR) is 54.9 cm³/mol. The molecular weight excluding hydrogens is 196 g/mol. The molecule has 15 heavy (non-hydrogen) atoms. The molecule has 0 aromatic heterocycles. The summed E-state index contributed by atoms with van der Waals surface area (Å²) in [6, 6.07) is 6.71. The maximum Gasteiger partial charge on any atom is 0.337 e. The Hall–Kier alpha value is -2.04. The second-order valence-corrected chi connectivity index (χ2v) is 2.96. The molecule has 0 aliphatic rings. The minimum atomic E-state index is -0.384. The number of hydrogen-bond acceptors (Lipinski definition) is 4. The summed E-state index contributed by atoms with van der Waals surface area (Å²) < 4.78 is 4.55. The quantitative estimate of drug-likeness (QED) is 0.252. The Morgan fingerprint density at radius 1 is 1.47 bits per heavy atom. The molecule has 0 bridgehead atoms. The molecule has 0 saturated carbocycles. The molecule has 5 heteroatoms. The first-order valence-electron chi connectivity index (χ1n) is 4.31. The van der Waals surface area contributed by atoms with Crippen LogP contribution in [0.2, 0.25) is 0 Å². The van der Waals surface area contributed by atoms with Gasteiger partial charge in [0.05, 0.1) is 12.7 Å². The van der Waals surface area contributed by atoms with E-state index >= 15 is 0 Å². The number of nitrogens with two attached hydrogens (primary N) is 1. The highest BCUT2D eigenvalue weighted by Gasteiger charge is 2.04. The Bertz CT molecular complexity index is 371. The van der Waals surface area contributed by atoms with Crippen LogP contribution in [0.1, 0.15) is 15.9 Å². The highest BCUT2D eigenvalue weighted by Crippen LogP contribution is 2.06. The molecule has 80 valence electrons. The van der Waals surface area contributed by atoms with Gasteiger partial charge in [-0.05, 0) is 17.7 Å². The van der Waals surface area contributed by atoms with Gasteiger partial charge in [0, 0.05) is 6.42 Å². The van der Waals surface area contributed by atoms with Crippen LogP contribution >= 0.6 is 0 Å². The molecule has 0 aliphatic carbocycles. The third-order valence-corrected chi connectivity index (χ3v) is 1.89. The van der Waals surface area contributed by atoms with E-state index in [1.165, 1.54) is 7.11 Å². The molecule has 0 heterocycles. The molecule has 1 aromatic rings. The first-order valence-corrected chi connectivity index (χ1v) is 4.31. The van der Waals surface area contributed by atoms with Crippen LogP contribution in [0.4, 0.5) is 0 Å². The molecule has 0 fully saturated rings. The third kappa shape index (κ3) is 2.98. The van der Waals surface area contributed by atoms with E-state index in [2.05, 4.69) is 9.89 Å². The van der Waals surface area contributed by atoms with Crippen LogP contribution in [-0.2, 0) is 11.2 Å². The van der Waals surface area contributed by atoms with Crippen molar-refractivity contribution in [3.63, 3.8) is 0 Å². The zero-order chi connectivity index (χ0) is 11.3. The number of oxime groups is 1. The van der Waals surface area contributed by atoms with Crippen LogP contribution in [0, 0.1) is 0 Å². The second-order valence-electron chi connectivity index (χ2n) is 2.96. The predicted octanol–water partition coefficient (Wildman–Crippen LogP) is 0.762. The average molecular weight is 208 g/mol. The fourth-order valence-electron chi connectivity index (χ4n) is 1.12. The number of hydrogen-bond donors (Lipinski definition) is 2. The van der Waals surface area contributed by atoms with Gasteiger partial charge in [0.25, 0.3) is 0 Å². The first kappa shape index (κ1) is 11.0. The summed E-state index contributed by atoms with van der Waals surface area (Å²) in [7, 11) is 1.33. The highest BCUT2D eigenvalue weighted by atomic mass is 16.5. The van der Waals surface area contributed by atoms with Crippen molar-refractivity contribution in [1.29, 1.82) is 0 Å². The van der Waals surface area contributed by atoms with Gasteiger partial charge in [-0.15, -0.1) is 0 Å². The van der Waals surface area contributed by atoms with E-state index in [1.54, 1.807) is 24.3 Å². The summed E-state index contributed by atoms with van der Waals surface area (Å²) in [6.07, 6.45) is 0.345. The zero-order valence-electron chi connectivity index (χ0n) is 8.30. The van der Waals surface area contributed by atoms with Crippen LogP contribution in [0.5, 0.6) is 0 Å². The number of nitrogens with zero attached hydrogens (tertiary/aromatic N) is 1. The van der Waals surface area contributed by atoms with Crippen molar-refractivity contribution >= 4 is 11.8 Å². The van der Waals surface area contributed by atoms with Gasteiger partial charge in [0.1, 0.15) is 5.84 Å². The molecule has 3 N–H and O–H groups in total. The van der Waals surface area contributed by atoms with Gasteiger partial charge in [-0.25, -0.2) is 4.79 Å². The number of amidine groups is 1. The standard InChI is InChI=1S/C10H12N2O3/c1-15-10(13)8-4-2-7(3-5-8)6-9(11)12-14/h2-5,14H,6H2,1H3,(H2,11,12). The number of esters is 1. The van der Waals surface area contributed by atoms with Gasteiger partial charge < -0.3 is 15.7 Å². The number of benzene rings is 1. The molecule has 0 unspecified atom stereocenters. The Labute approximate surface area is 87.1 Å². The normalized spacial score (nSPS) is 11.1. The smallest absolute Gasteiger partial charge is 0.337 e. The molecular formula is C10H12N2O3. The fourth-order valence-corrected chi connectivity index (χ4v) is 1.12. The van der Waals surface area contributed by atoms with Gasteiger partial charge in [0.2, 0.25) is 0 Å². The van der Waals surface area contributed by atoms with Crippen LogP contribution < -0.4 is 5.73 Å². The van der Waals surface area contributed by atoms with Crippen molar-refractivity contribution in [3.05, 3.63) is 35.4 Å². The van der Waals surface area contributed by atoms with Crippen LogP contribution in [-0.4, -0.2) is 24.1 Å². The van der Waals surface area contributed by atoms with Gasteiger partial charge in [-0.2, -0.15) is 0 Å². The third-order valence-electron chi connectivity index (χ3n) is 1.89. The Kier molecular flexibility index (Phi) is 3.68. The number of methoxy groups -OCH3 is 1. The molecule has 0 spiro atoms. The average Bonchev–Trinajstić information content (AvgIpc) is 2.29. The molecule has 0 radical (unpaired) electrons. The number of ether oxygens (including phenoxy) is 1. The van der Waals surface area contributed by atoms with E-state index in [0.29, 0.717) is 12.0 Å². The lowest BCUT2D eigenvalue weighted by molar-refractivity contribution is 0.0600. The van der Waals surface area contributed by atoms with Crippen LogP contribution in [0.15, 0.2) is 29.4 Å². The number of carbonyl (C=O) groups is 1. The number of carbonyl (C=O) groups excluding carboxylic acids is 1. The van der Waals surface area contributed by atoms with Gasteiger partial charge in [0.15, 0.2) is 0 Å². The van der Waals surface area contributed by atoms with Crippen LogP contribution in [0.3, 0.4) is 0 Å². The molecule has 0 amide bonds. The van der Waals surface area contributed by atoms with Gasteiger partial charge in [-0.3, -0.25) is 0 Å². The minimum absolute atomic E-state index is 0.126. The highest BCUT2D eigenvalue weighted by molar-refractivity contribution is 5.89. The number of rotatable bonds is 3. The monoisotopic (exact) mass is 208 g/mol. The zero-order valence-corrected chi connectivity index (χ0v) is 8.30. The summed E-state index contributed by atoms with van der Waals surface area (Å²) in [4.78, 5) is 11.1. The van der Waals surface area contributed by atoms with Crippen LogP contribution in [0.25, 0.3) is 0 Å². The van der Waals surface area contributed by atoms with E-state index in [0.717, 1.165) is 5.56 Å². The second kappa shape index (κ2) is 4.99. The minimum Gasteiger partial charge on any atom is -0.465 e. The van der Waals surface area contributed by atoms with Gasteiger partial charge in [-0.1, -0.05) is 17.3 Å². The van der Waals surface area contributed by atoms with Crippen molar-refractivity contribution in [3.8, 4) is 0 Å². The lowest BCUT2D eigenvalue weighted by Crippen LogP contribution is -2.14. The maximum absolute atomic E-state index is 11.1. The Balaban J connectivity index is 2.77. The molecule has 1 rings (SSSR count).